The molecular formula is C13H23N3O2S. The fraction of sp³-hybridized carbons (Fsp3) is 0.538. The molecule has 0 aromatic heterocycles. The lowest BCUT2D eigenvalue weighted by Crippen LogP contribution is -2.48. The molecule has 0 fully saturated rings. The van der Waals surface area contributed by atoms with E-state index >= 15 is 0 Å². The van der Waals surface area contributed by atoms with Crippen molar-refractivity contribution < 1.29 is 8.42 Å². The minimum absolute atomic E-state index is 0.171. The van der Waals surface area contributed by atoms with Gasteiger partial charge in [-0.25, -0.2) is 13.1 Å². The van der Waals surface area contributed by atoms with Gasteiger partial charge in [0, 0.05) is 12.1 Å². The van der Waals surface area contributed by atoms with Crippen LogP contribution in [0.3, 0.4) is 0 Å². The first-order valence-corrected chi connectivity index (χ1v) is 7.58. The molecule has 5 nitrogen and oxygen atoms in total. The number of nitrogen functional groups attached to an aromatic ring is 1. The van der Waals surface area contributed by atoms with Crippen molar-refractivity contribution in [3.63, 3.8) is 0 Å². The Morgan fingerprint density at radius 3 is 2.37 bits per heavy atom. The summed E-state index contributed by atoms with van der Waals surface area (Å²) in [5, 5.41) is 0. The van der Waals surface area contributed by atoms with Gasteiger partial charge in [-0.2, -0.15) is 0 Å². The average Bonchev–Trinajstić information content (AvgIpc) is 2.26. The Balaban J connectivity index is 3.01. The summed E-state index contributed by atoms with van der Waals surface area (Å²) in [5.74, 6) is 0. The van der Waals surface area contributed by atoms with Crippen LogP contribution in [0.1, 0.15) is 19.4 Å². The molecule has 0 aliphatic carbocycles. The Bertz CT molecular complexity index is 531. The van der Waals surface area contributed by atoms with E-state index in [4.69, 9.17) is 5.73 Å². The predicted molar refractivity (Wildman–Crippen MR) is 78.5 cm³/mol. The maximum absolute atomic E-state index is 12.3. The second-order valence-corrected chi connectivity index (χ2v) is 7.23. The summed E-state index contributed by atoms with van der Waals surface area (Å²) in [6.07, 6.45) is 0. The smallest absolute Gasteiger partial charge is 0.242 e. The Labute approximate surface area is 115 Å². The third-order valence-corrected chi connectivity index (χ3v) is 5.04. The normalized spacial score (nSPS) is 12.9. The standard InChI is InChI=1S/C13H23N3O2S/c1-10-7-6-8-11(14)12(10)19(17,18)15-9-13(2,3)16(4)5/h6-8,15H,9,14H2,1-5H3. The highest BCUT2D eigenvalue weighted by molar-refractivity contribution is 7.89. The number of nitrogens with one attached hydrogen (secondary N) is 1. The number of hydrogen-bond acceptors (Lipinski definition) is 4. The molecule has 0 saturated heterocycles. The van der Waals surface area contributed by atoms with Crippen molar-refractivity contribution >= 4 is 15.7 Å². The molecule has 1 aromatic rings. The zero-order valence-corrected chi connectivity index (χ0v) is 13.0. The van der Waals surface area contributed by atoms with Gasteiger partial charge in [0.25, 0.3) is 0 Å². The van der Waals surface area contributed by atoms with Gasteiger partial charge in [0.15, 0.2) is 0 Å². The third kappa shape index (κ3) is 3.68. The van der Waals surface area contributed by atoms with Crippen molar-refractivity contribution in [1.29, 1.82) is 0 Å². The minimum atomic E-state index is -3.59. The van der Waals surface area contributed by atoms with Gasteiger partial charge in [-0.3, -0.25) is 0 Å². The van der Waals surface area contributed by atoms with Gasteiger partial charge in [-0.1, -0.05) is 12.1 Å². The van der Waals surface area contributed by atoms with E-state index in [9.17, 15) is 8.42 Å². The maximum atomic E-state index is 12.3. The van der Waals surface area contributed by atoms with Gasteiger partial charge in [-0.05, 0) is 46.5 Å². The summed E-state index contributed by atoms with van der Waals surface area (Å²) in [6.45, 7) is 5.99. The zero-order chi connectivity index (χ0) is 14.8. The number of benzene rings is 1. The minimum Gasteiger partial charge on any atom is -0.398 e. The fourth-order valence-corrected chi connectivity index (χ4v) is 3.10. The molecule has 1 rings (SSSR count). The van der Waals surface area contributed by atoms with Gasteiger partial charge < -0.3 is 10.6 Å². The van der Waals surface area contributed by atoms with E-state index in [1.807, 2.05) is 32.8 Å². The molecule has 0 heterocycles. The summed E-state index contributed by atoms with van der Waals surface area (Å²) in [5.41, 5.74) is 6.43. The molecule has 108 valence electrons. The van der Waals surface area contributed by atoms with Crippen molar-refractivity contribution in [2.75, 3.05) is 26.4 Å². The average molecular weight is 285 g/mol. The molecule has 0 saturated carbocycles. The molecule has 3 N–H and O–H groups in total. The maximum Gasteiger partial charge on any atom is 0.242 e. The first-order valence-electron chi connectivity index (χ1n) is 6.10. The molecule has 0 amide bonds. The number of hydrogen-bond donors (Lipinski definition) is 2. The first-order chi connectivity index (χ1) is 8.58. The summed E-state index contributed by atoms with van der Waals surface area (Å²) >= 11 is 0. The van der Waals surface area contributed by atoms with Crippen LogP contribution in [0.5, 0.6) is 0 Å². The van der Waals surface area contributed by atoms with E-state index in [1.165, 1.54) is 0 Å². The molecule has 19 heavy (non-hydrogen) atoms. The van der Waals surface area contributed by atoms with E-state index < -0.39 is 10.0 Å². The van der Waals surface area contributed by atoms with E-state index in [2.05, 4.69) is 4.72 Å². The SMILES string of the molecule is Cc1cccc(N)c1S(=O)(=O)NCC(C)(C)N(C)C. The Hall–Kier alpha value is -1.11. The van der Waals surface area contributed by atoms with Crippen LogP contribution in [-0.4, -0.2) is 39.5 Å². The summed E-state index contributed by atoms with van der Waals surface area (Å²) in [4.78, 5) is 2.14. The number of aryl methyl sites for hydroxylation is 1. The number of rotatable bonds is 5. The highest BCUT2D eigenvalue weighted by Crippen LogP contribution is 2.22. The fourth-order valence-electron chi connectivity index (χ4n) is 1.54. The number of likely N-dealkylation sites (N-methyl/N-ethyl adjacent to an activating group) is 1. The van der Waals surface area contributed by atoms with Gasteiger partial charge in [0.05, 0.1) is 5.69 Å². The topological polar surface area (TPSA) is 75.4 Å². The molecule has 0 spiro atoms. The van der Waals surface area contributed by atoms with Gasteiger partial charge in [0.2, 0.25) is 10.0 Å². The molecular weight excluding hydrogens is 262 g/mol. The lowest BCUT2D eigenvalue weighted by molar-refractivity contribution is 0.199. The number of nitrogens with two attached hydrogens (primary N) is 1. The van der Waals surface area contributed by atoms with Crippen molar-refractivity contribution in [2.24, 2.45) is 0 Å². The Morgan fingerprint density at radius 1 is 1.32 bits per heavy atom. The second kappa shape index (κ2) is 5.48. The van der Waals surface area contributed by atoms with Crippen molar-refractivity contribution in [1.82, 2.24) is 9.62 Å². The van der Waals surface area contributed by atoms with Crippen molar-refractivity contribution in [2.45, 2.75) is 31.2 Å². The van der Waals surface area contributed by atoms with Gasteiger partial charge >= 0.3 is 0 Å². The predicted octanol–water partition coefficient (Wildman–Crippen LogP) is 1.20. The van der Waals surface area contributed by atoms with Crippen LogP contribution in [0.15, 0.2) is 23.1 Å². The molecule has 0 atom stereocenters. The lowest BCUT2D eigenvalue weighted by atomic mass is 10.1. The van der Waals surface area contributed by atoms with Gasteiger partial charge in [-0.15, -0.1) is 0 Å². The third-order valence-electron chi connectivity index (χ3n) is 3.42. The molecule has 0 unspecified atom stereocenters. The van der Waals surface area contributed by atoms with Crippen LogP contribution < -0.4 is 10.5 Å². The number of nitrogens with zero attached hydrogens (tertiary/aromatic N) is 1. The van der Waals surface area contributed by atoms with Crippen molar-refractivity contribution in [3.05, 3.63) is 23.8 Å². The number of sulfonamides is 1. The lowest BCUT2D eigenvalue weighted by Gasteiger charge is -2.32. The Morgan fingerprint density at radius 2 is 1.89 bits per heavy atom. The van der Waals surface area contributed by atoms with Crippen molar-refractivity contribution in [3.8, 4) is 0 Å². The van der Waals surface area contributed by atoms with Crippen LogP contribution in [0.25, 0.3) is 0 Å². The van der Waals surface area contributed by atoms with Crippen LogP contribution in [0.2, 0.25) is 0 Å². The second-order valence-electron chi connectivity index (χ2n) is 5.52. The van der Waals surface area contributed by atoms with E-state index in [-0.39, 0.29) is 16.1 Å². The molecule has 0 radical (unpaired) electrons. The van der Waals surface area contributed by atoms with Crippen LogP contribution in [-0.2, 0) is 10.0 Å². The van der Waals surface area contributed by atoms with E-state index in [0.29, 0.717) is 12.1 Å². The summed E-state index contributed by atoms with van der Waals surface area (Å²) in [6, 6.07) is 5.08. The highest BCUT2D eigenvalue weighted by Gasteiger charge is 2.26. The molecule has 0 bridgehead atoms. The van der Waals surface area contributed by atoms with Crippen LogP contribution >= 0.6 is 0 Å². The van der Waals surface area contributed by atoms with E-state index in [1.54, 1.807) is 25.1 Å². The zero-order valence-electron chi connectivity index (χ0n) is 12.2. The monoisotopic (exact) mass is 285 g/mol. The largest absolute Gasteiger partial charge is 0.398 e. The Kier molecular flexibility index (Phi) is 4.60. The summed E-state index contributed by atoms with van der Waals surface area (Å²) in [7, 11) is 0.236. The molecule has 0 aliphatic rings. The van der Waals surface area contributed by atoms with E-state index in [0.717, 1.165) is 0 Å². The molecule has 1 aromatic carbocycles. The first kappa shape index (κ1) is 15.9. The van der Waals surface area contributed by atoms with Gasteiger partial charge in [0.1, 0.15) is 4.90 Å². The molecule has 0 aliphatic heterocycles. The van der Waals surface area contributed by atoms with Crippen LogP contribution in [0.4, 0.5) is 5.69 Å². The highest BCUT2D eigenvalue weighted by atomic mass is 32.2. The number of anilines is 1. The molecule has 6 heteroatoms. The quantitative estimate of drug-likeness (QED) is 0.797. The summed E-state index contributed by atoms with van der Waals surface area (Å²) < 4.78 is 27.3. The van der Waals surface area contributed by atoms with Crippen LogP contribution in [0, 0.1) is 6.92 Å².